The van der Waals surface area contributed by atoms with E-state index in [0.717, 1.165) is 25.7 Å². The van der Waals surface area contributed by atoms with Crippen LogP contribution in [-0.4, -0.2) is 41.9 Å². The fraction of sp³-hybridized carbons (Fsp3) is 0.409. The molecule has 2 aromatic rings. The van der Waals surface area contributed by atoms with Crippen LogP contribution in [0.5, 0.6) is 0 Å². The Balaban J connectivity index is 1.34. The summed E-state index contributed by atoms with van der Waals surface area (Å²) in [5, 5.41) is 0. The molecule has 2 aliphatic rings. The summed E-state index contributed by atoms with van der Waals surface area (Å²) in [4.78, 5) is 16.9. The van der Waals surface area contributed by atoms with Crippen molar-refractivity contribution in [3.05, 3.63) is 71.3 Å². The van der Waals surface area contributed by atoms with Crippen LogP contribution < -0.4 is 0 Å². The van der Waals surface area contributed by atoms with Crippen molar-refractivity contribution < 1.29 is 18.0 Å². The van der Waals surface area contributed by atoms with Crippen LogP contribution in [0.15, 0.2) is 54.6 Å². The summed E-state index contributed by atoms with van der Waals surface area (Å²) >= 11 is 0. The predicted octanol–water partition coefficient (Wildman–Crippen LogP) is 4.15. The van der Waals surface area contributed by atoms with E-state index in [4.69, 9.17) is 0 Å². The number of nitrogens with zero attached hydrogens (tertiary/aromatic N) is 2. The summed E-state index contributed by atoms with van der Waals surface area (Å²) in [6.07, 6.45) is -3.87. The van der Waals surface area contributed by atoms with Crippen molar-refractivity contribution in [2.24, 2.45) is 5.92 Å². The van der Waals surface area contributed by atoms with Gasteiger partial charge in [0.25, 0.3) is 0 Å². The third kappa shape index (κ3) is 4.07. The van der Waals surface area contributed by atoms with Crippen molar-refractivity contribution in [3.8, 4) is 0 Å². The molecular formula is C22H23F3N2O. The number of carbonyl (C=O) groups is 1. The van der Waals surface area contributed by atoms with Gasteiger partial charge in [-0.3, -0.25) is 9.69 Å². The minimum atomic E-state index is -4.38. The number of hydrogen-bond donors (Lipinski definition) is 0. The van der Waals surface area contributed by atoms with Crippen molar-refractivity contribution in [2.45, 2.75) is 25.1 Å². The molecule has 28 heavy (non-hydrogen) atoms. The topological polar surface area (TPSA) is 23.6 Å². The Hall–Kier alpha value is -2.34. The van der Waals surface area contributed by atoms with E-state index in [9.17, 15) is 18.0 Å². The van der Waals surface area contributed by atoms with E-state index in [-0.39, 0.29) is 23.3 Å². The first-order valence-corrected chi connectivity index (χ1v) is 9.64. The molecule has 0 bridgehead atoms. The molecule has 0 radical (unpaired) electrons. The summed E-state index contributed by atoms with van der Waals surface area (Å²) < 4.78 is 39.7. The molecule has 0 aromatic heterocycles. The third-order valence-corrected chi connectivity index (χ3v) is 5.71. The lowest BCUT2D eigenvalue weighted by atomic mass is 10.0. The Morgan fingerprint density at radius 3 is 2.25 bits per heavy atom. The van der Waals surface area contributed by atoms with Gasteiger partial charge in [0.2, 0.25) is 5.91 Å². The Bertz CT molecular complexity index is 829. The highest BCUT2D eigenvalue weighted by atomic mass is 19.4. The van der Waals surface area contributed by atoms with E-state index in [2.05, 4.69) is 17.0 Å². The standard InChI is InChI=1S/C22H23F3N2O/c23-22(24,25)20-9-5-4-8-17(20)18-14-19(18)21(28)27-12-10-26(11-13-27)15-16-6-2-1-3-7-16/h1-9,18-19H,10-15H2/t18-,19+/m0/s1. The highest BCUT2D eigenvalue weighted by Gasteiger charge is 2.49. The average molecular weight is 388 g/mol. The van der Waals surface area contributed by atoms with Gasteiger partial charge in [0.1, 0.15) is 0 Å². The number of piperazine rings is 1. The van der Waals surface area contributed by atoms with Gasteiger partial charge in [-0.05, 0) is 29.5 Å². The maximum absolute atomic E-state index is 13.2. The number of alkyl halides is 3. The number of rotatable bonds is 4. The minimum absolute atomic E-state index is 0.00124. The number of hydrogen-bond acceptors (Lipinski definition) is 2. The second-order valence-corrected chi connectivity index (χ2v) is 7.62. The molecule has 4 rings (SSSR count). The molecule has 2 fully saturated rings. The monoisotopic (exact) mass is 388 g/mol. The number of carbonyl (C=O) groups excluding carboxylic acids is 1. The Morgan fingerprint density at radius 1 is 0.929 bits per heavy atom. The SMILES string of the molecule is O=C([C@@H]1C[C@H]1c1ccccc1C(F)(F)F)N1CCN(Cc2ccccc2)CC1. The maximum Gasteiger partial charge on any atom is 0.416 e. The van der Waals surface area contributed by atoms with Crippen LogP contribution in [0.4, 0.5) is 13.2 Å². The Kier molecular flexibility index (Phi) is 5.15. The molecule has 6 heteroatoms. The second-order valence-electron chi connectivity index (χ2n) is 7.62. The number of benzene rings is 2. The van der Waals surface area contributed by atoms with Crippen molar-refractivity contribution in [1.29, 1.82) is 0 Å². The summed E-state index contributed by atoms with van der Waals surface area (Å²) in [7, 11) is 0. The van der Waals surface area contributed by atoms with Crippen molar-refractivity contribution in [1.82, 2.24) is 9.80 Å². The van der Waals surface area contributed by atoms with Crippen LogP contribution in [0.25, 0.3) is 0 Å². The third-order valence-electron chi connectivity index (χ3n) is 5.71. The summed E-state index contributed by atoms with van der Waals surface area (Å²) in [5.41, 5.74) is 0.896. The van der Waals surface area contributed by atoms with Crippen LogP contribution in [0.3, 0.4) is 0 Å². The molecule has 148 valence electrons. The van der Waals surface area contributed by atoms with Gasteiger partial charge in [0.15, 0.2) is 0 Å². The van der Waals surface area contributed by atoms with E-state index in [0.29, 0.717) is 19.5 Å². The van der Waals surface area contributed by atoms with E-state index in [1.54, 1.807) is 6.07 Å². The van der Waals surface area contributed by atoms with Crippen LogP contribution in [-0.2, 0) is 17.5 Å². The first kappa shape index (κ1) is 19.0. The van der Waals surface area contributed by atoms with Crippen LogP contribution in [0.1, 0.15) is 29.0 Å². The lowest BCUT2D eigenvalue weighted by Crippen LogP contribution is -2.48. The zero-order valence-corrected chi connectivity index (χ0v) is 15.5. The van der Waals surface area contributed by atoms with Gasteiger partial charge >= 0.3 is 6.18 Å². The molecule has 0 unspecified atom stereocenters. The molecule has 0 spiro atoms. The largest absolute Gasteiger partial charge is 0.416 e. The molecule has 1 saturated carbocycles. The molecule has 3 nitrogen and oxygen atoms in total. The highest BCUT2D eigenvalue weighted by molar-refractivity contribution is 5.83. The molecule has 1 aliphatic carbocycles. The van der Waals surface area contributed by atoms with Crippen molar-refractivity contribution in [3.63, 3.8) is 0 Å². The minimum Gasteiger partial charge on any atom is -0.340 e. The van der Waals surface area contributed by atoms with E-state index >= 15 is 0 Å². The van der Waals surface area contributed by atoms with Gasteiger partial charge < -0.3 is 4.90 Å². The fourth-order valence-electron chi connectivity index (χ4n) is 4.09. The lowest BCUT2D eigenvalue weighted by Gasteiger charge is -2.35. The predicted molar refractivity (Wildman–Crippen MR) is 101 cm³/mol. The number of halogens is 3. The quantitative estimate of drug-likeness (QED) is 0.786. The molecule has 1 amide bonds. The smallest absolute Gasteiger partial charge is 0.340 e. The molecule has 1 heterocycles. The van der Waals surface area contributed by atoms with Gasteiger partial charge in [0.05, 0.1) is 5.56 Å². The van der Waals surface area contributed by atoms with E-state index in [1.807, 2.05) is 23.1 Å². The molecule has 1 saturated heterocycles. The Morgan fingerprint density at radius 2 is 1.57 bits per heavy atom. The number of amides is 1. The summed E-state index contributed by atoms with van der Waals surface area (Å²) in [6.45, 7) is 3.70. The van der Waals surface area contributed by atoms with Gasteiger partial charge in [-0.25, -0.2) is 0 Å². The van der Waals surface area contributed by atoms with Gasteiger partial charge in [-0.2, -0.15) is 13.2 Å². The van der Waals surface area contributed by atoms with Gasteiger partial charge in [0, 0.05) is 38.6 Å². The van der Waals surface area contributed by atoms with E-state index in [1.165, 1.54) is 17.7 Å². The zero-order valence-electron chi connectivity index (χ0n) is 15.5. The van der Waals surface area contributed by atoms with E-state index < -0.39 is 11.7 Å². The second kappa shape index (κ2) is 7.59. The van der Waals surface area contributed by atoms with Crippen molar-refractivity contribution >= 4 is 5.91 Å². The van der Waals surface area contributed by atoms with Crippen molar-refractivity contribution in [2.75, 3.05) is 26.2 Å². The highest BCUT2D eigenvalue weighted by Crippen LogP contribution is 2.51. The zero-order chi connectivity index (χ0) is 19.7. The van der Waals surface area contributed by atoms with Gasteiger partial charge in [-0.15, -0.1) is 0 Å². The van der Waals surface area contributed by atoms with Gasteiger partial charge in [-0.1, -0.05) is 48.5 Å². The lowest BCUT2D eigenvalue weighted by molar-refractivity contribution is -0.139. The first-order chi connectivity index (χ1) is 13.4. The summed E-state index contributed by atoms with van der Waals surface area (Å²) in [6, 6.07) is 15.8. The summed E-state index contributed by atoms with van der Waals surface area (Å²) in [5.74, 6) is -0.627. The molecule has 2 atom stereocenters. The molecule has 1 aliphatic heterocycles. The fourth-order valence-corrected chi connectivity index (χ4v) is 4.09. The van der Waals surface area contributed by atoms with Crippen LogP contribution >= 0.6 is 0 Å². The maximum atomic E-state index is 13.2. The molecule has 2 aromatic carbocycles. The molecular weight excluding hydrogens is 365 g/mol. The average Bonchev–Trinajstić information content (AvgIpc) is 3.49. The van der Waals surface area contributed by atoms with Crippen LogP contribution in [0, 0.1) is 5.92 Å². The molecule has 0 N–H and O–H groups in total. The first-order valence-electron chi connectivity index (χ1n) is 9.64. The normalized spacial score (nSPS) is 22.9. The van der Waals surface area contributed by atoms with Crippen LogP contribution in [0.2, 0.25) is 0 Å². The Labute approximate surface area is 162 Å².